The minimum atomic E-state index is -0.422. The molecule has 1 fully saturated rings. The summed E-state index contributed by atoms with van der Waals surface area (Å²) in [5.41, 5.74) is 1.03. The van der Waals surface area contributed by atoms with Gasteiger partial charge in [0.2, 0.25) is 5.91 Å². The lowest BCUT2D eigenvalue weighted by atomic mass is 9.91. The number of β-amino-alcohol motifs (C(OH)–C–C–N with tert-alkyl or cyclic N) is 1. The van der Waals surface area contributed by atoms with Crippen molar-refractivity contribution in [3.63, 3.8) is 0 Å². The number of carbonyl (C=O) groups excluding carboxylic acids is 1. The molecule has 1 atom stereocenters. The van der Waals surface area contributed by atoms with Gasteiger partial charge >= 0.3 is 0 Å². The molecule has 0 aliphatic carbocycles. The molecule has 1 saturated heterocycles. The molecule has 0 radical (unpaired) electrons. The zero-order chi connectivity index (χ0) is 18.4. The zero-order valence-electron chi connectivity index (χ0n) is 16.2. The highest BCUT2D eigenvalue weighted by Gasteiger charge is 2.25. The zero-order valence-corrected chi connectivity index (χ0v) is 16.2. The van der Waals surface area contributed by atoms with Crippen molar-refractivity contribution in [1.82, 2.24) is 9.80 Å². The third-order valence-electron chi connectivity index (χ3n) is 4.96. The fourth-order valence-electron chi connectivity index (χ4n) is 3.45. The Morgan fingerprint density at radius 3 is 2.40 bits per heavy atom. The Bertz CT molecular complexity index is 531. The second kappa shape index (κ2) is 8.81. The van der Waals surface area contributed by atoms with Crippen LogP contribution in [-0.2, 0) is 4.79 Å². The molecule has 1 amide bonds. The molecular formula is C21H34N2O2. The van der Waals surface area contributed by atoms with E-state index in [4.69, 9.17) is 0 Å². The van der Waals surface area contributed by atoms with Crippen molar-refractivity contribution in [1.29, 1.82) is 0 Å². The van der Waals surface area contributed by atoms with Crippen LogP contribution in [0.4, 0.5) is 0 Å². The van der Waals surface area contributed by atoms with Crippen molar-refractivity contribution in [3.05, 3.63) is 35.9 Å². The van der Waals surface area contributed by atoms with Crippen LogP contribution in [0.5, 0.6) is 0 Å². The van der Waals surface area contributed by atoms with Crippen molar-refractivity contribution in [2.75, 3.05) is 33.2 Å². The van der Waals surface area contributed by atoms with E-state index in [2.05, 4.69) is 25.7 Å². The van der Waals surface area contributed by atoms with E-state index in [-0.39, 0.29) is 11.3 Å². The number of amides is 1. The topological polar surface area (TPSA) is 43.8 Å². The van der Waals surface area contributed by atoms with Gasteiger partial charge in [0.25, 0.3) is 0 Å². The number of carbonyl (C=O) groups is 1. The maximum absolute atomic E-state index is 12.3. The summed E-state index contributed by atoms with van der Waals surface area (Å²) in [6.45, 7) is 9.85. The summed E-state index contributed by atoms with van der Waals surface area (Å²) in [6, 6.07) is 9.87. The van der Waals surface area contributed by atoms with Crippen LogP contribution >= 0.6 is 0 Å². The summed E-state index contributed by atoms with van der Waals surface area (Å²) in [5.74, 6) is 0.813. The van der Waals surface area contributed by atoms with Gasteiger partial charge < -0.3 is 14.9 Å². The van der Waals surface area contributed by atoms with Crippen LogP contribution in [0.25, 0.3) is 0 Å². The predicted octanol–water partition coefficient (Wildman–Crippen LogP) is 3.33. The quantitative estimate of drug-likeness (QED) is 0.859. The Hall–Kier alpha value is -1.39. The largest absolute Gasteiger partial charge is 0.387 e. The first-order valence-corrected chi connectivity index (χ1v) is 9.44. The van der Waals surface area contributed by atoms with Gasteiger partial charge in [-0.25, -0.2) is 0 Å². The molecule has 1 aliphatic rings. The Morgan fingerprint density at radius 1 is 1.24 bits per heavy atom. The van der Waals surface area contributed by atoms with Crippen molar-refractivity contribution >= 4 is 5.91 Å². The summed E-state index contributed by atoms with van der Waals surface area (Å²) in [5, 5.41) is 10.4. The molecular weight excluding hydrogens is 312 g/mol. The number of hydrogen-bond donors (Lipinski definition) is 1. The Balaban J connectivity index is 1.73. The van der Waals surface area contributed by atoms with E-state index < -0.39 is 6.10 Å². The number of rotatable bonds is 6. The highest BCUT2D eigenvalue weighted by atomic mass is 16.3. The molecule has 140 valence electrons. The van der Waals surface area contributed by atoms with Crippen molar-refractivity contribution in [2.45, 2.75) is 46.1 Å². The van der Waals surface area contributed by atoms with Gasteiger partial charge in [0.1, 0.15) is 0 Å². The van der Waals surface area contributed by atoms with E-state index in [1.807, 2.05) is 42.3 Å². The average molecular weight is 347 g/mol. The number of piperidine rings is 1. The van der Waals surface area contributed by atoms with Crippen LogP contribution in [0, 0.1) is 11.3 Å². The van der Waals surface area contributed by atoms with Crippen molar-refractivity contribution in [3.8, 4) is 0 Å². The first-order valence-electron chi connectivity index (χ1n) is 9.44. The van der Waals surface area contributed by atoms with Gasteiger partial charge in [0.05, 0.1) is 6.10 Å². The van der Waals surface area contributed by atoms with Crippen LogP contribution in [0.3, 0.4) is 0 Å². The van der Waals surface area contributed by atoms with Crippen molar-refractivity contribution in [2.24, 2.45) is 11.3 Å². The van der Waals surface area contributed by atoms with Gasteiger partial charge in [0.15, 0.2) is 0 Å². The van der Waals surface area contributed by atoms with Gasteiger partial charge in [-0.1, -0.05) is 51.1 Å². The van der Waals surface area contributed by atoms with Crippen LogP contribution < -0.4 is 0 Å². The fourth-order valence-corrected chi connectivity index (χ4v) is 3.45. The molecule has 4 nitrogen and oxygen atoms in total. The Morgan fingerprint density at radius 2 is 1.84 bits per heavy atom. The van der Waals surface area contributed by atoms with Crippen LogP contribution in [0.2, 0.25) is 0 Å². The van der Waals surface area contributed by atoms with Gasteiger partial charge in [-0.05, 0) is 42.8 Å². The number of benzene rings is 1. The van der Waals surface area contributed by atoms with E-state index in [0.29, 0.717) is 18.9 Å². The second-order valence-corrected chi connectivity index (χ2v) is 8.68. The van der Waals surface area contributed by atoms with Gasteiger partial charge in [0, 0.05) is 26.6 Å². The lowest BCUT2D eigenvalue weighted by Gasteiger charge is -2.35. The molecule has 0 saturated carbocycles. The first kappa shape index (κ1) is 19.9. The molecule has 0 spiro atoms. The number of aliphatic hydroxyl groups excluding tert-OH is 1. The summed E-state index contributed by atoms with van der Waals surface area (Å²) < 4.78 is 0. The van der Waals surface area contributed by atoms with Crippen LogP contribution in [0.15, 0.2) is 30.3 Å². The number of nitrogens with zero attached hydrogens (tertiary/aromatic N) is 2. The summed E-state index contributed by atoms with van der Waals surface area (Å²) >= 11 is 0. The number of likely N-dealkylation sites (tertiary alicyclic amines) is 1. The van der Waals surface area contributed by atoms with Crippen LogP contribution in [0.1, 0.15) is 51.7 Å². The van der Waals surface area contributed by atoms with E-state index in [0.717, 1.165) is 38.0 Å². The lowest BCUT2D eigenvalue weighted by Crippen LogP contribution is -2.41. The molecule has 0 bridgehead atoms. The molecule has 1 aromatic carbocycles. The van der Waals surface area contributed by atoms with Crippen molar-refractivity contribution < 1.29 is 9.90 Å². The minimum absolute atomic E-state index is 0.0439. The SMILES string of the molecule is CN(CC1CCN(CC(O)c2ccccc2)CC1)C(=O)CC(C)(C)C. The summed E-state index contributed by atoms with van der Waals surface area (Å²) in [6.07, 6.45) is 2.36. The molecule has 1 aromatic rings. The maximum atomic E-state index is 12.3. The molecule has 1 unspecified atom stereocenters. The minimum Gasteiger partial charge on any atom is -0.387 e. The normalized spacial score (nSPS) is 18.1. The highest BCUT2D eigenvalue weighted by Crippen LogP contribution is 2.23. The van der Waals surface area contributed by atoms with Gasteiger partial charge in [-0.2, -0.15) is 0 Å². The highest BCUT2D eigenvalue weighted by molar-refractivity contribution is 5.76. The van der Waals surface area contributed by atoms with E-state index in [1.54, 1.807) is 0 Å². The summed E-state index contributed by atoms with van der Waals surface area (Å²) in [4.78, 5) is 16.5. The molecule has 25 heavy (non-hydrogen) atoms. The Kier molecular flexibility index (Phi) is 7.03. The monoisotopic (exact) mass is 346 g/mol. The number of aliphatic hydroxyl groups is 1. The van der Waals surface area contributed by atoms with E-state index in [9.17, 15) is 9.90 Å². The Labute approximate surface area is 152 Å². The number of hydrogen-bond acceptors (Lipinski definition) is 3. The van der Waals surface area contributed by atoms with Gasteiger partial charge in [-0.15, -0.1) is 0 Å². The van der Waals surface area contributed by atoms with Crippen LogP contribution in [-0.4, -0.2) is 54.0 Å². The molecule has 0 aromatic heterocycles. The van der Waals surface area contributed by atoms with Gasteiger partial charge in [-0.3, -0.25) is 4.79 Å². The second-order valence-electron chi connectivity index (χ2n) is 8.68. The summed E-state index contributed by atoms with van der Waals surface area (Å²) in [7, 11) is 1.93. The van der Waals surface area contributed by atoms with E-state index >= 15 is 0 Å². The third-order valence-corrected chi connectivity index (χ3v) is 4.96. The molecule has 1 N–H and O–H groups in total. The molecule has 2 rings (SSSR count). The van der Waals surface area contributed by atoms with E-state index in [1.165, 1.54) is 0 Å². The smallest absolute Gasteiger partial charge is 0.222 e. The molecule has 1 aliphatic heterocycles. The first-order chi connectivity index (χ1) is 11.7. The molecule has 1 heterocycles. The average Bonchev–Trinajstić information content (AvgIpc) is 2.56. The predicted molar refractivity (Wildman–Crippen MR) is 102 cm³/mol. The fraction of sp³-hybridized carbons (Fsp3) is 0.667. The maximum Gasteiger partial charge on any atom is 0.222 e. The third kappa shape index (κ3) is 6.79. The standard InChI is InChI=1S/C21H34N2O2/c1-21(2,3)14-20(25)22(4)15-17-10-12-23(13-11-17)16-19(24)18-8-6-5-7-9-18/h5-9,17,19,24H,10-16H2,1-4H3. The molecule has 4 heteroatoms. The lowest BCUT2D eigenvalue weighted by molar-refractivity contribution is -0.132.